The maximum atomic E-state index is 2.42. The van der Waals surface area contributed by atoms with Crippen LogP contribution in [0.15, 0.2) is 0 Å². The minimum atomic E-state index is 0.929. The van der Waals surface area contributed by atoms with E-state index in [1.54, 1.807) is 0 Å². The molecule has 3 atom stereocenters. The summed E-state index contributed by atoms with van der Waals surface area (Å²) < 4.78 is 0. The zero-order valence-corrected chi connectivity index (χ0v) is 11.7. The van der Waals surface area contributed by atoms with Crippen molar-refractivity contribution in [1.82, 2.24) is 0 Å². The van der Waals surface area contributed by atoms with Crippen LogP contribution in [-0.2, 0) is 0 Å². The zero-order chi connectivity index (χ0) is 11.7. The van der Waals surface area contributed by atoms with E-state index in [-0.39, 0.29) is 0 Å². The Balaban J connectivity index is 3.54. The molecule has 0 aliphatic carbocycles. The molecule has 92 valence electrons. The topological polar surface area (TPSA) is 0 Å². The van der Waals surface area contributed by atoms with Gasteiger partial charge in [-0.05, 0) is 17.8 Å². The summed E-state index contributed by atoms with van der Waals surface area (Å²) in [5.74, 6) is 2.85. The number of hydrogen-bond donors (Lipinski definition) is 0. The molecule has 0 bridgehead atoms. The predicted octanol–water partition coefficient (Wildman–Crippen LogP) is 5.67. The molecule has 0 saturated carbocycles. The second-order valence-electron chi connectivity index (χ2n) is 5.35. The Morgan fingerprint density at radius 2 is 1.33 bits per heavy atom. The molecular weight excluding hydrogens is 180 g/mol. The first-order valence-electron chi connectivity index (χ1n) is 7.15. The van der Waals surface area contributed by atoms with E-state index < -0.39 is 0 Å². The average molecular weight is 212 g/mol. The van der Waals surface area contributed by atoms with Crippen molar-refractivity contribution in [1.29, 1.82) is 0 Å². The fourth-order valence-corrected chi connectivity index (χ4v) is 2.33. The van der Waals surface area contributed by atoms with Crippen molar-refractivity contribution in [2.45, 2.75) is 79.6 Å². The molecule has 0 saturated heterocycles. The second kappa shape index (κ2) is 9.24. The van der Waals surface area contributed by atoms with Gasteiger partial charge in [0.25, 0.3) is 0 Å². The molecule has 0 heteroatoms. The molecule has 0 nitrogen and oxygen atoms in total. The van der Waals surface area contributed by atoms with E-state index in [1.807, 2.05) is 0 Å². The molecule has 3 unspecified atom stereocenters. The number of rotatable bonds is 9. The standard InChI is InChI=1S/C15H32/c1-6-13(4)11-9-10-12-15(8-3)14(5)7-2/h13-15H,6-12H2,1-5H3. The van der Waals surface area contributed by atoms with Crippen LogP contribution in [0, 0.1) is 17.8 Å². The van der Waals surface area contributed by atoms with E-state index in [1.165, 1.54) is 44.9 Å². The summed E-state index contributed by atoms with van der Waals surface area (Å²) in [4.78, 5) is 0. The molecule has 0 heterocycles. The van der Waals surface area contributed by atoms with Crippen molar-refractivity contribution in [3.05, 3.63) is 0 Å². The van der Waals surface area contributed by atoms with E-state index in [9.17, 15) is 0 Å². The number of hydrogen-bond acceptors (Lipinski definition) is 0. The highest BCUT2D eigenvalue weighted by atomic mass is 14.2. The van der Waals surface area contributed by atoms with Gasteiger partial charge in [-0.15, -0.1) is 0 Å². The van der Waals surface area contributed by atoms with Crippen LogP contribution < -0.4 is 0 Å². The van der Waals surface area contributed by atoms with Gasteiger partial charge in [-0.25, -0.2) is 0 Å². The van der Waals surface area contributed by atoms with E-state index >= 15 is 0 Å². The monoisotopic (exact) mass is 212 g/mol. The molecule has 0 aliphatic rings. The van der Waals surface area contributed by atoms with Crippen molar-refractivity contribution < 1.29 is 0 Å². The predicted molar refractivity (Wildman–Crippen MR) is 71.2 cm³/mol. The molecule has 0 aromatic rings. The normalized spacial score (nSPS) is 17.4. The van der Waals surface area contributed by atoms with Crippen LogP contribution in [-0.4, -0.2) is 0 Å². The summed E-state index contributed by atoms with van der Waals surface area (Å²) in [5.41, 5.74) is 0. The van der Waals surface area contributed by atoms with Gasteiger partial charge in [-0.2, -0.15) is 0 Å². The second-order valence-corrected chi connectivity index (χ2v) is 5.35. The van der Waals surface area contributed by atoms with Gasteiger partial charge >= 0.3 is 0 Å². The van der Waals surface area contributed by atoms with Crippen LogP contribution in [0.3, 0.4) is 0 Å². The first-order valence-corrected chi connectivity index (χ1v) is 7.15. The van der Waals surface area contributed by atoms with Crippen LogP contribution in [0.4, 0.5) is 0 Å². The van der Waals surface area contributed by atoms with Crippen LogP contribution in [0.25, 0.3) is 0 Å². The lowest BCUT2D eigenvalue weighted by Crippen LogP contribution is -2.10. The first-order chi connectivity index (χ1) is 7.15. The summed E-state index contributed by atoms with van der Waals surface area (Å²) in [6.07, 6.45) is 9.87. The van der Waals surface area contributed by atoms with Gasteiger partial charge in [0.1, 0.15) is 0 Å². The summed E-state index contributed by atoms with van der Waals surface area (Å²) in [6, 6.07) is 0. The van der Waals surface area contributed by atoms with Crippen LogP contribution >= 0.6 is 0 Å². The van der Waals surface area contributed by atoms with Crippen LogP contribution in [0.1, 0.15) is 79.6 Å². The van der Waals surface area contributed by atoms with Crippen LogP contribution in [0.2, 0.25) is 0 Å². The van der Waals surface area contributed by atoms with Gasteiger partial charge in [-0.1, -0.05) is 79.6 Å². The van der Waals surface area contributed by atoms with Crippen molar-refractivity contribution in [2.24, 2.45) is 17.8 Å². The van der Waals surface area contributed by atoms with Crippen molar-refractivity contribution in [2.75, 3.05) is 0 Å². The maximum absolute atomic E-state index is 2.42. The van der Waals surface area contributed by atoms with Gasteiger partial charge in [0.15, 0.2) is 0 Å². The Bertz CT molecular complexity index is 128. The Hall–Kier alpha value is 0. The fourth-order valence-electron chi connectivity index (χ4n) is 2.33. The molecule has 0 aromatic heterocycles. The lowest BCUT2D eigenvalue weighted by Gasteiger charge is -2.21. The molecular formula is C15H32. The molecule has 0 radical (unpaired) electrons. The summed E-state index contributed by atoms with van der Waals surface area (Å²) in [5, 5.41) is 0. The summed E-state index contributed by atoms with van der Waals surface area (Å²) in [7, 11) is 0. The van der Waals surface area contributed by atoms with E-state index in [0.29, 0.717) is 0 Å². The molecule has 0 rings (SSSR count). The Labute approximate surface area is 97.8 Å². The fraction of sp³-hybridized carbons (Fsp3) is 1.00. The SMILES string of the molecule is CCC(C)CCCCC(CC)C(C)CC. The van der Waals surface area contributed by atoms with Gasteiger partial charge in [0.2, 0.25) is 0 Å². The lowest BCUT2D eigenvalue weighted by atomic mass is 9.85. The molecule has 0 aliphatic heterocycles. The average Bonchev–Trinajstić information content (AvgIpc) is 2.27. The van der Waals surface area contributed by atoms with Crippen LogP contribution in [0.5, 0.6) is 0 Å². The first kappa shape index (κ1) is 15.0. The third-order valence-corrected chi connectivity index (χ3v) is 4.19. The van der Waals surface area contributed by atoms with E-state index in [0.717, 1.165) is 17.8 Å². The molecule has 0 spiro atoms. The Kier molecular flexibility index (Phi) is 9.24. The zero-order valence-electron chi connectivity index (χ0n) is 11.7. The maximum Gasteiger partial charge on any atom is -0.0391 e. The Morgan fingerprint density at radius 1 is 0.733 bits per heavy atom. The summed E-state index contributed by atoms with van der Waals surface area (Å²) >= 11 is 0. The van der Waals surface area contributed by atoms with Crippen molar-refractivity contribution >= 4 is 0 Å². The number of unbranched alkanes of at least 4 members (excludes halogenated alkanes) is 1. The van der Waals surface area contributed by atoms with Crippen molar-refractivity contribution in [3.8, 4) is 0 Å². The Morgan fingerprint density at radius 3 is 1.80 bits per heavy atom. The van der Waals surface area contributed by atoms with Gasteiger partial charge in [0.05, 0.1) is 0 Å². The largest absolute Gasteiger partial charge is 0.0651 e. The third kappa shape index (κ3) is 6.98. The van der Waals surface area contributed by atoms with E-state index in [2.05, 4.69) is 34.6 Å². The molecule has 0 aromatic carbocycles. The molecule has 0 N–H and O–H groups in total. The minimum Gasteiger partial charge on any atom is -0.0651 e. The third-order valence-electron chi connectivity index (χ3n) is 4.19. The molecule has 0 fully saturated rings. The van der Waals surface area contributed by atoms with Gasteiger partial charge < -0.3 is 0 Å². The highest BCUT2D eigenvalue weighted by Crippen LogP contribution is 2.25. The summed E-state index contributed by atoms with van der Waals surface area (Å²) in [6.45, 7) is 11.8. The minimum absolute atomic E-state index is 0.929. The van der Waals surface area contributed by atoms with E-state index in [4.69, 9.17) is 0 Å². The molecule has 0 amide bonds. The highest BCUT2D eigenvalue weighted by Gasteiger charge is 2.12. The smallest absolute Gasteiger partial charge is 0.0391 e. The highest BCUT2D eigenvalue weighted by molar-refractivity contribution is 4.64. The van der Waals surface area contributed by atoms with Crippen molar-refractivity contribution in [3.63, 3.8) is 0 Å². The van der Waals surface area contributed by atoms with Gasteiger partial charge in [-0.3, -0.25) is 0 Å². The van der Waals surface area contributed by atoms with Gasteiger partial charge in [0, 0.05) is 0 Å². The molecule has 15 heavy (non-hydrogen) atoms. The lowest BCUT2D eigenvalue weighted by molar-refractivity contribution is 0.304. The quantitative estimate of drug-likeness (QED) is 0.432.